The van der Waals surface area contributed by atoms with Gasteiger partial charge >= 0.3 is 0 Å². The van der Waals surface area contributed by atoms with Gasteiger partial charge in [0.2, 0.25) is 11.8 Å². The van der Waals surface area contributed by atoms with Crippen molar-refractivity contribution in [1.82, 2.24) is 4.90 Å². The zero-order valence-corrected chi connectivity index (χ0v) is 15.5. The third-order valence-corrected chi connectivity index (χ3v) is 4.99. The van der Waals surface area contributed by atoms with Crippen LogP contribution >= 0.6 is 31.9 Å². The summed E-state index contributed by atoms with van der Waals surface area (Å²) in [5.74, 6) is -0.511. The van der Waals surface area contributed by atoms with Crippen molar-refractivity contribution in [3.05, 3.63) is 26.6 Å². The van der Waals surface area contributed by atoms with Gasteiger partial charge in [-0.3, -0.25) is 14.5 Å². The van der Waals surface area contributed by atoms with Gasteiger partial charge in [0.1, 0.15) is 0 Å². The van der Waals surface area contributed by atoms with Crippen molar-refractivity contribution in [2.45, 2.75) is 32.2 Å². The molecule has 1 fully saturated rings. The number of carbonyl (C=O) groups excluding carboxylic acids is 2. The van der Waals surface area contributed by atoms with Crippen molar-refractivity contribution >= 4 is 49.4 Å². The summed E-state index contributed by atoms with van der Waals surface area (Å²) >= 11 is 6.91. The molecule has 2 rings (SSSR count). The van der Waals surface area contributed by atoms with Crippen molar-refractivity contribution < 1.29 is 9.59 Å². The van der Waals surface area contributed by atoms with Gasteiger partial charge in [-0.25, -0.2) is 0 Å². The molecule has 7 heteroatoms. The van der Waals surface area contributed by atoms with Gasteiger partial charge in [0.15, 0.2) is 0 Å². The van der Waals surface area contributed by atoms with E-state index in [4.69, 9.17) is 5.73 Å². The summed E-state index contributed by atoms with van der Waals surface area (Å²) in [4.78, 5) is 25.6. The number of piperidine rings is 1. The first kappa shape index (κ1) is 17.4. The van der Waals surface area contributed by atoms with Crippen molar-refractivity contribution in [2.24, 2.45) is 5.73 Å². The zero-order chi connectivity index (χ0) is 16.3. The number of rotatable bonds is 4. The molecule has 22 heavy (non-hydrogen) atoms. The molecule has 1 atom stereocenters. The van der Waals surface area contributed by atoms with Crippen molar-refractivity contribution in [3.8, 4) is 0 Å². The Labute approximate surface area is 146 Å². The van der Waals surface area contributed by atoms with Crippen LogP contribution in [0.25, 0.3) is 0 Å². The van der Waals surface area contributed by atoms with E-state index in [1.807, 2.05) is 24.0 Å². The molecule has 1 aliphatic rings. The predicted molar refractivity (Wildman–Crippen MR) is 93.6 cm³/mol. The van der Waals surface area contributed by atoms with Crippen LogP contribution in [0.15, 0.2) is 21.1 Å². The van der Waals surface area contributed by atoms with Gasteiger partial charge in [0, 0.05) is 8.95 Å². The van der Waals surface area contributed by atoms with Crippen LogP contribution in [0, 0.1) is 6.92 Å². The monoisotopic (exact) mass is 431 g/mol. The summed E-state index contributed by atoms with van der Waals surface area (Å²) in [7, 11) is 0. The molecule has 5 nitrogen and oxygen atoms in total. The number of hydrogen-bond acceptors (Lipinski definition) is 3. The lowest BCUT2D eigenvalue weighted by molar-refractivity contribution is -0.126. The lowest BCUT2D eigenvalue weighted by Crippen LogP contribution is -2.50. The highest BCUT2D eigenvalue weighted by Gasteiger charge is 2.28. The summed E-state index contributed by atoms with van der Waals surface area (Å²) in [5, 5.41) is 2.89. The Bertz CT molecular complexity index is 569. The first-order valence-electron chi connectivity index (χ1n) is 7.17. The molecule has 0 aromatic heterocycles. The highest BCUT2D eigenvalue weighted by atomic mass is 79.9. The first-order valence-corrected chi connectivity index (χ1v) is 8.76. The van der Waals surface area contributed by atoms with E-state index in [0.717, 1.165) is 40.3 Å². The number of hydrogen-bond donors (Lipinski definition) is 2. The lowest BCUT2D eigenvalue weighted by Gasteiger charge is -2.32. The SMILES string of the molecule is Cc1cc(Br)c(NC(=O)CN2CCCC[C@@H]2C(N)=O)c(Br)c1. The average Bonchev–Trinajstić information content (AvgIpc) is 2.43. The topological polar surface area (TPSA) is 75.4 Å². The summed E-state index contributed by atoms with van der Waals surface area (Å²) in [6, 6.07) is 3.53. The first-order chi connectivity index (χ1) is 10.4. The number of aryl methyl sites for hydroxylation is 1. The fraction of sp³-hybridized carbons (Fsp3) is 0.467. The number of nitrogens with zero attached hydrogens (tertiary/aromatic N) is 1. The van der Waals surface area contributed by atoms with Crippen LogP contribution in [0.1, 0.15) is 24.8 Å². The molecule has 0 radical (unpaired) electrons. The fourth-order valence-corrected chi connectivity index (χ4v) is 4.30. The van der Waals surface area contributed by atoms with Gasteiger partial charge in [-0.1, -0.05) is 6.42 Å². The second-order valence-electron chi connectivity index (χ2n) is 5.54. The third kappa shape index (κ3) is 4.30. The number of nitrogens with one attached hydrogen (secondary N) is 1. The number of nitrogens with two attached hydrogens (primary N) is 1. The number of carbonyl (C=O) groups is 2. The van der Waals surface area contributed by atoms with E-state index in [1.54, 1.807) is 0 Å². The minimum absolute atomic E-state index is 0.154. The van der Waals surface area contributed by atoms with Gasteiger partial charge < -0.3 is 11.1 Å². The lowest BCUT2D eigenvalue weighted by atomic mass is 10.0. The van der Waals surface area contributed by atoms with Gasteiger partial charge in [-0.05, 0) is 75.9 Å². The highest BCUT2D eigenvalue weighted by molar-refractivity contribution is 9.11. The van der Waals surface area contributed by atoms with Crippen LogP contribution in [0.2, 0.25) is 0 Å². The van der Waals surface area contributed by atoms with Gasteiger partial charge in [-0.15, -0.1) is 0 Å². The van der Waals surface area contributed by atoms with Crippen molar-refractivity contribution in [3.63, 3.8) is 0 Å². The van der Waals surface area contributed by atoms with E-state index in [1.165, 1.54) is 0 Å². The van der Waals surface area contributed by atoms with Crippen LogP contribution in [0.3, 0.4) is 0 Å². The molecule has 3 N–H and O–H groups in total. The molecule has 0 saturated carbocycles. The maximum absolute atomic E-state index is 12.3. The molecule has 1 aromatic rings. The molecular weight excluding hydrogens is 414 g/mol. The summed E-state index contributed by atoms with van der Waals surface area (Å²) in [6.07, 6.45) is 2.68. The molecule has 0 unspecified atom stereocenters. The highest BCUT2D eigenvalue weighted by Crippen LogP contribution is 2.32. The van der Waals surface area contributed by atoms with Crippen molar-refractivity contribution in [1.29, 1.82) is 0 Å². The summed E-state index contributed by atoms with van der Waals surface area (Å²) in [6.45, 7) is 2.87. The molecule has 0 aliphatic carbocycles. The Hall–Kier alpha value is -0.920. The van der Waals surface area contributed by atoms with Crippen LogP contribution in [-0.2, 0) is 9.59 Å². The molecule has 0 bridgehead atoms. The van der Waals surface area contributed by atoms with Crippen LogP contribution in [0.5, 0.6) is 0 Å². The number of anilines is 1. The molecule has 1 heterocycles. The molecule has 0 spiro atoms. The molecule has 1 aromatic carbocycles. The standard InChI is InChI=1S/C15H19Br2N3O2/c1-9-6-10(16)14(11(17)7-9)19-13(21)8-20-5-3-2-4-12(20)15(18)22/h6-7,12H,2-5,8H2,1H3,(H2,18,22)(H,19,21)/t12-/m1/s1. The summed E-state index contributed by atoms with van der Waals surface area (Å²) in [5.41, 5.74) is 7.21. The number of primary amides is 1. The smallest absolute Gasteiger partial charge is 0.238 e. The third-order valence-electron chi connectivity index (χ3n) is 3.74. The Kier molecular flexibility index (Phi) is 6.00. The Balaban J connectivity index is 2.05. The van der Waals surface area contributed by atoms with E-state index >= 15 is 0 Å². The van der Waals surface area contributed by atoms with Crippen LogP contribution in [0.4, 0.5) is 5.69 Å². The number of likely N-dealkylation sites (tertiary alicyclic amines) is 1. The Morgan fingerprint density at radius 2 is 1.95 bits per heavy atom. The number of halogens is 2. The average molecular weight is 433 g/mol. The second kappa shape index (κ2) is 7.57. The Morgan fingerprint density at radius 1 is 1.32 bits per heavy atom. The summed E-state index contributed by atoms with van der Waals surface area (Å²) < 4.78 is 1.63. The molecule has 1 saturated heterocycles. The maximum atomic E-state index is 12.3. The second-order valence-corrected chi connectivity index (χ2v) is 7.24. The molecule has 2 amide bonds. The van der Waals surface area contributed by atoms with Crippen LogP contribution in [-0.4, -0.2) is 35.8 Å². The van der Waals surface area contributed by atoms with Gasteiger partial charge in [-0.2, -0.15) is 0 Å². The zero-order valence-electron chi connectivity index (χ0n) is 12.4. The fourth-order valence-electron chi connectivity index (χ4n) is 2.69. The van der Waals surface area contributed by atoms with Gasteiger partial charge in [0.25, 0.3) is 0 Å². The van der Waals surface area contributed by atoms with E-state index in [-0.39, 0.29) is 24.4 Å². The Morgan fingerprint density at radius 3 is 2.55 bits per heavy atom. The number of amides is 2. The van der Waals surface area contributed by atoms with Crippen LogP contribution < -0.4 is 11.1 Å². The van der Waals surface area contributed by atoms with E-state index in [2.05, 4.69) is 37.2 Å². The van der Waals surface area contributed by atoms with E-state index in [9.17, 15) is 9.59 Å². The predicted octanol–water partition coefficient (Wildman–Crippen LogP) is 2.80. The number of benzene rings is 1. The molecular formula is C15H19Br2N3O2. The quantitative estimate of drug-likeness (QED) is 0.767. The minimum Gasteiger partial charge on any atom is -0.368 e. The molecule has 120 valence electrons. The van der Waals surface area contributed by atoms with Gasteiger partial charge in [0.05, 0.1) is 18.3 Å². The van der Waals surface area contributed by atoms with Crippen molar-refractivity contribution in [2.75, 3.05) is 18.4 Å². The molecule has 1 aliphatic heterocycles. The van der Waals surface area contributed by atoms with E-state index < -0.39 is 0 Å². The largest absolute Gasteiger partial charge is 0.368 e. The van der Waals surface area contributed by atoms with E-state index in [0.29, 0.717) is 5.69 Å². The minimum atomic E-state index is -0.356. The normalized spacial score (nSPS) is 19.0. The maximum Gasteiger partial charge on any atom is 0.238 e.